The van der Waals surface area contributed by atoms with Gasteiger partial charge in [-0.1, -0.05) is 26.0 Å². The van der Waals surface area contributed by atoms with Crippen LogP contribution in [0.5, 0.6) is 0 Å². The molecule has 0 aromatic carbocycles. The van der Waals surface area contributed by atoms with Gasteiger partial charge >= 0.3 is 5.97 Å². The zero-order chi connectivity index (χ0) is 14.3. The number of hydrogen-bond donors (Lipinski definition) is 0. The number of ketones is 1. The molecule has 1 aliphatic carbocycles. The van der Waals surface area contributed by atoms with E-state index in [2.05, 4.69) is 0 Å². The van der Waals surface area contributed by atoms with Crippen LogP contribution in [0.1, 0.15) is 40.5 Å². The van der Waals surface area contributed by atoms with E-state index in [1.165, 1.54) is 0 Å². The summed E-state index contributed by atoms with van der Waals surface area (Å²) in [6.45, 7) is 7.65. The van der Waals surface area contributed by atoms with Gasteiger partial charge in [-0.2, -0.15) is 0 Å². The highest BCUT2D eigenvalue weighted by molar-refractivity contribution is 6.03. The van der Waals surface area contributed by atoms with E-state index in [0.29, 0.717) is 18.4 Å². The van der Waals surface area contributed by atoms with Gasteiger partial charge in [0.15, 0.2) is 5.78 Å². The molecule has 0 unspecified atom stereocenters. The van der Waals surface area contributed by atoms with E-state index in [1.807, 2.05) is 45.9 Å². The van der Waals surface area contributed by atoms with Crippen molar-refractivity contribution in [1.29, 1.82) is 0 Å². The molecule has 0 radical (unpaired) electrons. The van der Waals surface area contributed by atoms with Crippen LogP contribution < -0.4 is 0 Å². The molecule has 0 saturated carbocycles. The maximum Gasteiger partial charge on any atom is 0.334 e. The second-order valence-electron chi connectivity index (χ2n) is 6.01. The topological polar surface area (TPSA) is 43.4 Å². The fourth-order valence-electron chi connectivity index (χ4n) is 2.30. The molecule has 0 saturated heterocycles. The fraction of sp³-hybridized carbons (Fsp3) is 0.500. The molecule has 0 N–H and O–H groups in total. The van der Waals surface area contributed by atoms with Crippen LogP contribution in [0.3, 0.4) is 0 Å². The first kappa shape index (κ1) is 13.8. The number of hydrogen-bond acceptors (Lipinski definition) is 3. The molecule has 2 rings (SSSR count). The molecule has 0 aromatic heterocycles. The summed E-state index contributed by atoms with van der Waals surface area (Å²) >= 11 is 0. The van der Waals surface area contributed by atoms with Crippen LogP contribution in [-0.2, 0) is 14.3 Å². The van der Waals surface area contributed by atoms with E-state index in [9.17, 15) is 9.59 Å². The van der Waals surface area contributed by atoms with Gasteiger partial charge in [-0.25, -0.2) is 4.79 Å². The monoisotopic (exact) mass is 260 g/mol. The number of rotatable bonds is 0. The smallest absolute Gasteiger partial charge is 0.334 e. The van der Waals surface area contributed by atoms with Gasteiger partial charge in [0, 0.05) is 11.0 Å². The largest absolute Gasteiger partial charge is 0.451 e. The van der Waals surface area contributed by atoms with Gasteiger partial charge < -0.3 is 4.74 Å². The number of fused-ring (bicyclic) bond motifs is 1. The molecule has 0 spiro atoms. The van der Waals surface area contributed by atoms with Crippen molar-refractivity contribution in [3.05, 3.63) is 35.5 Å². The SMILES string of the molecule is C/C1=C\CCC2=C[C@](C)(OC2=O)C(C)(C)/C=C\C1=O. The van der Waals surface area contributed by atoms with Crippen molar-refractivity contribution in [2.75, 3.05) is 0 Å². The van der Waals surface area contributed by atoms with Gasteiger partial charge in [0.1, 0.15) is 5.60 Å². The van der Waals surface area contributed by atoms with E-state index < -0.39 is 11.0 Å². The van der Waals surface area contributed by atoms with Crippen LogP contribution in [0.2, 0.25) is 0 Å². The Labute approximate surface area is 114 Å². The van der Waals surface area contributed by atoms with Crippen LogP contribution >= 0.6 is 0 Å². The molecule has 2 aliphatic rings. The van der Waals surface area contributed by atoms with E-state index in [-0.39, 0.29) is 11.8 Å². The van der Waals surface area contributed by atoms with Gasteiger partial charge in [0.2, 0.25) is 0 Å². The first-order valence-electron chi connectivity index (χ1n) is 6.61. The standard InChI is InChI=1S/C16H20O3/c1-11-6-5-7-12-10-16(4,19-14(12)18)15(2,3)9-8-13(11)17/h6,8-10H,5,7H2,1-4H3/b9-8-,11-6+/t16-/m0/s1. The lowest BCUT2D eigenvalue weighted by Crippen LogP contribution is -2.40. The zero-order valence-corrected chi connectivity index (χ0v) is 11.9. The van der Waals surface area contributed by atoms with E-state index in [0.717, 1.165) is 5.57 Å². The Morgan fingerprint density at radius 2 is 1.89 bits per heavy atom. The zero-order valence-electron chi connectivity index (χ0n) is 11.9. The van der Waals surface area contributed by atoms with Crippen LogP contribution in [-0.4, -0.2) is 17.4 Å². The molecule has 0 fully saturated rings. The average molecular weight is 260 g/mol. The van der Waals surface area contributed by atoms with Gasteiger partial charge in [-0.15, -0.1) is 0 Å². The third-order valence-corrected chi connectivity index (χ3v) is 4.20. The summed E-state index contributed by atoms with van der Waals surface area (Å²) < 4.78 is 5.55. The Kier molecular flexibility index (Phi) is 3.25. The van der Waals surface area contributed by atoms with Gasteiger partial charge in [-0.05, 0) is 44.4 Å². The van der Waals surface area contributed by atoms with Crippen molar-refractivity contribution < 1.29 is 14.3 Å². The van der Waals surface area contributed by atoms with Crippen molar-refractivity contribution in [1.82, 2.24) is 0 Å². The quantitative estimate of drug-likeness (QED) is 0.628. The molecule has 1 heterocycles. The normalized spacial score (nSPS) is 34.7. The van der Waals surface area contributed by atoms with Crippen LogP contribution in [0.15, 0.2) is 35.5 Å². The Bertz CT molecular complexity index is 520. The summed E-state index contributed by atoms with van der Waals surface area (Å²) in [6.07, 6.45) is 8.53. The molecular formula is C16H20O3. The van der Waals surface area contributed by atoms with Gasteiger partial charge in [-0.3, -0.25) is 4.79 Å². The number of carbonyl (C=O) groups excluding carboxylic acids is 2. The fourth-order valence-corrected chi connectivity index (χ4v) is 2.30. The molecule has 0 aromatic rings. The number of ether oxygens (including phenoxy) is 1. The number of allylic oxidation sites excluding steroid dienone is 3. The van der Waals surface area contributed by atoms with E-state index in [4.69, 9.17) is 4.74 Å². The second kappa shape index (κ2) is 4.48. The summed E-state index contributed by atoms with van der Waals surface area (Å²) in [4.78, 5) is 23.8. The molecule has 3 heteroatoms. The maximum atomic E-state index is 11.9. The highest BCUT2D eigenvalue weighted by Crippen LogP contribution is 2.42. The Hall–Kier alpha value is -1.64. The van der Waals surface area contributed by atoms with Crippen molar-refractivity contribution in [3.63, 3.8) is 0 Å². The summed E-state index contributed by atoms with van der Waals surface area (Å²) in [5.74, 6) is -0.215. The van der Waals surface area contributed by atoms with Crippen LogP contribution in [0, 0.1) is 5.41 Å². The van der Waals surface area contributed by atoms with E-state index >= 15 is 0 Å². The lowest BCUT2D eigenvalue weighted by molar-refractivity contribution is -0.151. The first-order valence-corrected chi connectivity index (χ1v) is 6.61. The molecule has 3 nitrogen and oxygen atoms in total. The predicted molar refractivity (Wildman–Crippen MR) is 73.5 cm³/mol. The number of esters is 1. The minimum absolute atomic E-state index is 0.0192. The van der Waals surface area contributed by atoms with Gasteiger partial charge in [0.05, 0.1) is 0 Å². The lowest BCUT2D eigenvalue weighted by Gasteiger charge is -2.36. The Balaban J connectivity index is 2.47. The summed E-state index contributed by atoms with van der Waals surface area (Å²) in [6, 6.07) is 0. The molecule has 1 aliphatic heterocycles. The van der Waals surface area contributed by atoms with Crippen molar-refractivity contribution >= 4 is 11.8 Å². The molecular weight excluding hydrogens is 240 g/mol. The molecule has 0 amide bonds. The highest BCUT2D eigenvalue weighted by Gasteiger charge is 2.46. The predicted octanol–water partition coefficient (Wildman–Crippen LogP) is 3.12. The molecule has 2 bridgehead atoms. The molecule has 1 atom stereocenters. The summed E-state index contributed by atoms with van der Waals surface area (Å²) in [5, 5.41) is 0. The third kappa shape index (κ3) is 2.42. The minimum atomic E-state index is -0.686. The van der Waals surface area contributed by atoms with Crippen molar-refractivity contribution in [2.24, 2.45) is 5.41 Å². The van der Waals surface area contributed by atoms with Gasteiger partial charge in [0.25, 0.3) is 0 Å². The Morgan fingerprint density at radius 1 is 1.21 bits per heavy atom. The summed E-state index contributed by atoms with van der Waals surface area (Å²) in [7, 11) is 0. The number of carbonyl (C=O) groups is 2. The minimum Gasteiger partial charge on any atom is -0.451 e. The first-order chi connectivity index (χ1) is 8.75. The molecule has 19 heavy (non-hydrogen) atoms. The lowest BCUT2D eigenvalue weighted by atomic mass is 9.75. The highest BCUT2D eigenvalue weighted by atomic mass is 16.6. The van der Waals surface area contributed by atoms with Crippen molar-refractivity contribution in [2.45, 2.75) is 46.1 Å². The summed E-state index contributed by atoms with van der Waals surface area (Å²) in [5.41, 5.74) is 0.324. The Morgan fingerprint density at radius 3 is 2.58 bits per heavy atom. The average Bonchev–Trinajstić information content (AvgIpc) is 2.62. The van der Waals surface area contributed by atoms with Crippen LogP contribution in [0.25, 0.3) is 0 Å². The molecule has 102 valence electrons. The van der Waals surface area contributed by atoms with Crippen molar-refractivity contribution in [3.8, 4) is 0 Å². The van der Waals surface area contributed by atoms with E-state index in [1.54, 1.807) is 6.08 Å². The second-order valence-corrected chi connectivity index (χ2v) is 6.01. The maximum absolute atomic E-state index is 11.9. The third-order valence-electron chi connectivity index (χ3n) is 4.20. The van der Waals surface area contributed by atoms with Crippen LogP contribution in [0.4, 0.5) is 0 Å².